The molecule has 0 bridgehead atoms. The van der Waals surface area contributed by atoms with Crippen molar-refractivity contribution < 1.29 is 9.90 Å². The van der Waals surface area contributed by atoms with E-state index < -0.39 is 0 Å². The van der Waals surface area contributed by atoms with Gasteiger partial charge in [-0.3, -0.25) is 4.79 Å². The molecule has 0 heterocycles. The summed E-state index contributed by atoms with van der Waals surface area (Å²) in [5.74, 6) is 1.01. The second kappa shape index (κ2) is 6.39. The number of amides is 1. The lowest BCUT2D eigenvalue weighted by molar-refractivity contribution is -0.126. The van der Waals surface area contributed by atoms with E-state index in [0.717, 1.165) is 45.1 Å². The first-order valence-electron chi connectivity index (χ1n) is 7.21. The molecular weight excluding hydrogens is 214 g/mol. The quantitative estimate of drug-likeness (QED) is 0.793. The zero-order valence-electron chi connectivity index (χ0n) is 10.7. The summed E-state index contributed by atoms with van der Waals surface area (Å²) in [6, 6.07) is 0. The van der Waals surface area contributed by atoms with Gasteiger partial charge in [-0.2, -0.15) is 0 Å². The highest BCUT2D eigenvalue weighted by atomic mass is 16.3. The van der Waals surface area contributed by atoms with Gasteiger partial charge in [0, 0.05) is 12.5 Å². The maximum Gasteiger partial charge on any atom is 0.223 e. The van der Waals surface area contributed by atoms with E-state index in [1.807, 2.05) is 0 Å². The van der Waals surface area contributed by atoms with E-state index >= 15 is 0 Å². The van der Waals surface area contributed by atoms with E-state index in [1.165, 1.54) is 19.3 Å². The Balaban J connectivity index is 1.68. The van der Waals surface area contributed by atoms with Crippen LogP contribution in [0, 0.1) is 11.8 Å². The van der Waals surface area contributed by atoms with Gasteiger partial charge in [0.15, 0.2) is 0 Å². The van der Waals surface area contributed by atoms with Gasteiger partial charge in [-0.05, 0) is 38.0 Å². The summed E-state index contributed by atoms with van der Waals surface area (Å²) >= 11 is 0. The first-order chi connectivity index (χ1) is 8.25. The third kappa shape index (κ3) is 3.98. The van der Waals surface area contributed by atoms with Crippen LogP contribution in [0.25, 0.3) is 0 Å². The van der Waals surface area contributed by atoms with Crippen molar-refractivity contribution in [3.05, 3.63) is 0 Å². The molecule has 1 amide bonds. The molecule has 17 heavy (non-hydrogen) atoms. The molecule has 2 aliphatic rings. The molecule has 0 aliphatic heterocycles. The summed E-state index contributed by atoms with van der Waals surface area (Å²) in [5, 5.41) is 12.7. The van der Waals surface area contributed by atoms with Crippen LogP contribution in [0.2, 0.25) is 0 Å². The van der Waals surface area contributed by atoms with Crippen molar-refractivity contribution in [3.8, 4) is 0 Å². The average Bonchev–Trinajstić information content (AvgIpc) is 2.37. The lowest BCUT2D eigenvalue weighted by Gasteiger charge is -2.27. The number of hydrogen-bond donors (Lipinski definition) is 2. The van der Waals surface area contributed by atoms with Gasteiger partial charge in [-0.15, -0.1) is 0 Å². The zero-order chi connectivity index (χ0) is 12.1. The topological polar surface area (TPSA) is 49.3 Å². The Morgan fingerprint density at radius 3 is 2.53 bits per heavy atom. The monoisotopic (exact) mass is 239 g/mol. The first-order valence-corrected chi connectivity index (χ1v) is 7.21. The van der Waals surface area contributed by atoms with Gasteiger partial charge in [-0.25, -0.2) is 0 Å². The minimum Gasteiger partial charge on any atom is -0.393 e. The van der Waals surface area contributed by atoms with Gasteiger partial charge in [0.25, 0.3) is 0 Å². The molecule has 2 saturated carbocycles. The molecule has 2 rings (SSSR count). The van der Waals surface area contributed by atoms with E-state index in [9.17, 15) is 9.90 Å². The van der Waals surface area contributed by atoms with Crippen molar-refractivity contribution in [2.75, 3.05) is 6.54 Å². The summed E-state index contributed by atoms with van der Waals surface area (Å²) in [6.45, 7) is 0.770. The van der Waals surface area contributed by atoms with Crippen LogP contribution in [-0.4, -0.2) is 23.7 Å². The first kappa shape index (κ1) is 12.9. The molecular formula is C14H25NO2. The van der Waals surface area contributed by atoms with Gasteiger partial charge in [0.2, 0.25) is 5.91 Å². The van der Waals surface area contributed by atoms with Crippen molar-refractivity contribution in [3.63, 3.8) is 0 Å². The third-order valence-corrected chi connectivity index (χ3v) is 4.30. The van der Waals surface area contributed by atoms with Gasteiger partial charge in [-0.1, -0.05) is 25.7 Å². The molecule has 2 fully saturated rings. The minimum absolute atomic E-state index is 0.139. The maximum atomic E-state index is 11.9. The summed E-state index contributed by atoms with van der Waals surface area (Å²) in [4.78, 5) is 11.9. The van der Waals surface area contributed by atoms with Gasteiger partial charge in [0.1, 0.15) is 0 Å². The second-order valence-electron chi connectivity index (χ2n) is 5.77. The molecule has 0 spiro atoms. The van der Waals surface area contributed by atoms with Gasteiger partial charge in [0.05, 0.1) is 6.10 Å². The molecule has 2 unspecified atom stereocenters. The molecule has 2 aliphatic carbocycles. The number of rotatable bonds is 3. The van der Waals surface area contributed by atoms with Crippen LogP contribution in [0.4, 0.5) is 0 Å². The molecule has 0 aromatic carbocycles. The lowest BCUT2D eigenvalue weighted by Crippen LogP contribution is -2.37. The molecule has 0 saturated heterocycles. The van der Waals surface area contributed by atoms with Crippen LogP contribution in [0.5, 0.6) is 0 Å². The number of aliphatic hydroxyl groups is 1. The van der Waals surface area contributed by atoms with Crippen LogP contribution in [-0.2, 0) is 4.79 Å². The number of hydrogen-bond acceptors (Lipinski definition) is 2. The maximum absolute atomic E-state index is 11.9. The predicted molar refractivity (Wildman–Crippen MR) is 67.5 cm³/mol. The number of aliphatic hydroxyl groups excluding tert-OH is 1. The molecule has 0 radical (unpaired) electrons. The van der Waals surface area contributed by atoms with E-state index in [4.69, 9.17) is 0 Å². The molecule has 2 atom stereocenters. The smallest absolute Gasteiger partial charge is 0.223 e. The summed E-state index contributed by atoms with van der Waals surface area (Å²) in [5.41, 5.74) is 0. The second-order valence-corrected chi connectivity index (χ2v) is 5.77. The van der Waals surface area contributed by atoms with Crippen molar-refractivity contribution >= 4 is 5.91 Å². The Labute approximate surface area is 104 Å². The predicted octanol–water partition coefficient (Wildman–Crippen LogP) is 2.23. The van der Waals surface area contributed by atoms with E-state index in [0.29, 0.717) is 5.92 Å². The fraction of sp³-hybridized carbons (Fsp3) is 0.929. The number of carbonyl (C=O) groups is 1. The van der Waals surface area contributed by atoms with E-state index in [-0.39, 0.29) is 17.9 Å². The Kier molecular flexibility index (Phi) is 4.84. The van der Waals surface area contributed by atoms with Crippen LogP contribution < -0.4 is 5.32 Å². The van der Waals surface area contributed by atoms with Crippen molar-refractivity contribution in [2.24, 2.45) is 11.8 Å². The SMILES string of the molecule is O=C(NCC1CCCC(O)C1)C1CCCCC1. The molecule has 0 aromatic heterocycles. The largest absolute Gasteiger partial charge is 0.393 e. The van der Waals surface area contributed by atoms with E-state index in [2.05, 4.69) is 5.32 Å². The minimum atomic E-state index is -0.139. The third-order valence-electron chi connectivity index (χ3n) is 4.30. The number of nitrogens with one attached hydrogen (secondary N) is 1. The van der Waals surface area contributed by atoms with Crippen molar-refractivity contribution in [2.45, 2.75) is 63.9 Å². The lowest BCUT2D eigenvalue weighted by atomic mass is 9.86. The molecule has 98 valence electrons. The fourth-order valence-electron chi connectivity index (χ4n) is 3.20. The molecule has 3 heteroatoms. The van der Waals surface area contributed by atoms with Crippen LogP contribution in [0.1, 0.15) is 57.8 Å². The summed E-state index contributed by atoms with van der Waals surface area (Å²) < 4.78 is 0. The standard InChI is InChI=1S/C14H25NO2/c16-13-8-4-5-11(9-13)10-15-14(17)12-6-2-1-3-7-12/h11-13,16H,1-10H2,(H,15,17). The normalized spacial score (nSPS) is 31.1. The van der Waals surface area contributed by atoms with Crippen molar-refractivity contribution in [1.29, 1.82) is 0 Å². The van der Waals surface area contributed by atoms with Crippen molar-refractivity contribution in [1.82, 2.24) is 5.32 Å². The summed E-state index contributed by atoms with van der Waals surface area (Å²) in [6.07, 6.45) is 9.77. The Hall–Kier alpha value is -0.570. The average molecular weight is 239 g/mol. The van der Waals surface area contributed by atoms with Crippen LogP contribution in [0.15, 0.2) is 0 Å². The van der Waals surface area contributed by atoms with Gasteiger partial charge < -0.3 is 10.4 Å². The Morgan fingerprint density at radius 2 is 1.82 bits per heavy atom. The highest BCUT2D eigenvalue weighted by Crippen LogP contribution is 2.25. The highest BCUT2D eigenvalue weighted by Gasteiger charge is 2.24. The van der Waals surface area contributed by atoms with Crippen LogP contribution in [0.3, 0.4) is 0 Å². The number of carbonyl (C=O) groups excluding carboxylic acids is 1. The fourth-order valence-corrected chi connectivity index (χ4v) is 3.20. The summed E-state index contributed by atoms with van der Waals surface area (Å²) in [7, 11) is 0. The molecule has 3 nitrogen and oxygen atoms in total. The van der Waals surface area contributed by atoms with Gasteiger partial charge >= 0.3 is 0 Å². The Bertz CT molecular complexity index is 249. The highest BCUT2D eigenvalue weighted by molar-refractivity contribution is 5.78. The van der Waals surface area contributed by atoms with Crippen LogP contribution >= 0.6 is 0 Å². The zero-order valence-corrected chi connectivity index (χ0v) is 10.7. The molecule has 0 aromatic rings. The molecule has 2 N–H and O–H groups in total. The van der Waals surface area contributed by atoms with E-state index in [1.54, 1.807) is 0 Å². The Morgan fingerprint density at radius 1 is 1.06 bits per heavy atom.